The number of methoxy groups -OCH3 is 2. The maximum absolute atomic E-state index is 12.7. The van der Waals surface area contributed by atoms with Crippen molar-refractivity contribution in [2.45, 2.75) is 18.9 Å². The topological polar surface area (TPSA) is 97.8 Å². The summed E-state index contributed by atoms with van der Waals surface area (Å²) < 4.78 is 10.3. The van der Waals surface area contributed by atoms with Crippen molar-refractivity contribution in [1.82, 2.24) is 10.3 Å². The number of carbonyl (C=O) groups excluding carboxylic acids is 1. The Hall–Kier alpha value is -3.09. The average Bonchev–Trinajstić information content (AvgIpc) is 2.60. The van der Waals surface area contributed by atoms with Crippen LogP contribution in [-0.4, -0.2) is 36.2 Å². The molecule has 0 aliphatic rings. The zero-order valence-corrected chi connectivity index (χ0v) is 14.3. The molecule has 1 heterocycles. The molecule has 2 N–H and O–H groups in total. The Morgan fingerprint density at radius 2 is 1.96 bits per heavy atom. The van der Waals surface area contributed by atoms with Gasteiger partial charge in [-0.2, -0.15) is 0 Å². The van der Waals surface area contributed by atoms with E-state index in [0.717, 1.165) is 0 Å². The first kappa shape index (κ1) is 18.3. The van der Waals surface area contributed by atoms with Gasteiger partial charge in [0.15, 0.2) is 0 Å². The number of aliphatic carboxylic acids is 1. The summed E-state index contributed by atoms with van der Waals surface area (Å²) >= 11 is 0. The van der Waals surface area contributed by atoms with Crippen LogP contribution in [0.2, 0.25) is 0 Å². The zero-order valence-electron chi connectivity index (χ0n) is 14.3. The van der Waals surface area contributed by atoms with Gasteiger partial charge in [0.25, 0.3) is 5.91 Å². The molecular weight excluding hydrogens is 324 g/mol. The molecule has 1 unspecified atom stereocenters. The van der Waals surface area contributed by atoms with Crippen LogP contribution < -0.4 is 14.8 Å². The summed E-state index contributed by atoms with van der Waals surface area (Å²) in [6, 6.07) is 10.1. The van der Waals surface area contributed by atoms with Gasteiger partial charge in [-0.15, -0.1) is 0 Å². The molecule has 0 aliphatic carbocycles. The number of carboxylic acid groups (broad SMARTS) is 1. The van der Waals surface area contributed by atoms with E-state index in [1.165, 1.54) is 20.4 Å². The summed E-state index contributed by atoms with van der Waals surface area (Å²) in [4.78, 5) is 28.0. The summed E-state index contributed by atoms with van der Waals surface area (Å²) in [6.45, 7) is 1.65. The lowest BCUT2D eigenvalue weighted by molar-refractivity contribution is -0.138. The fourth-order valence-corrected chi connectivity index (χ4v) is 2.53. The van der Waals surface area contributed by atoms with Gasteiger partial charge in [-0.25, -0.2) is 4.98 Å². The fraction of sp³-hybridized carbons (Fsp3) is 0.278. The lowest BCUT2D eigenvalue weighted by Gasteiger charge is -2.30. The molecule has 1 aromatic heterocycles. The van der Waals surface area contributed by atoms with E-state index in [-0.39, 0.29) is 17.9 Å². The number of carbonyl (C=O) groups is 2. The molecule has 2 aromatic rings. The highest BCUT2D eigenvalue weighted by atomic mass is 16.5. The van der Waals surface area contributed by atoms with Crippen molar-refractivity contribution < 1.29 is 24.2 Å². The number of nitrogens with one attached hydrogen (secondary N) is 1. The van der Waals surface area contributed by atoms with Crippen LogP contribution in [0.3, 0.4) is 0 Å². The van der Waals surface area contributed by atoms with Crippen molar-refractivity contribution in [1.29, 1.82) is 0 Å². The molecule has 0 saturated heterocycles. The number of ether oxygens (including phenoxy) is 2. The highest BCUT2D eigenvalue weighted by molar-refractivity contribution is 5.97. The van der Waals surface area contributed by atoms with Crippen LogP contribution in [0, 0.1) is 0 Å². The van der Waals surface area contributed by atoms with Gasteiger partial charge in [-0.3, -0.25) is 9.59 Å². The Labute approximate surface area is 145 Å². The number of carboxylic acids is 1. The molecule has 0 aliphatic heterocycles. The molecule has 0 bridgehead atoms. The van der Waals surface area contributed by atoms with Crippen LogP contribution in [0.4, 0.5) is 0 Å². The molecular formula is C18H20N2O5. The molecule has 7 heteroatoms. The summed E-state index contributed by atoms with van der Waals surface area (Å²) in [5, 5.41) is 12.1. The van der Waals surface area contributed by atoms with E-state index in [0.29, 0.717) is 11.3 Å². The van der Waals surface area contributed by atoms with Gasteiger partial charge >= 0.3 is 5.97 Å². The molecule has 0 saturated carbocycles. The normalized spacial score (nSPS) is 12.8. The van der Waals surface area contributed by atoms with Gasteiger partial charge in [0, 0.05) is 6.20 Å². The third-order valence-electron chi connectivity index (χ3n) is 3.81. The summed E-state index contributed by atoms with van der Waals surface area (Å²) in [5.41, 5.74) is -0.298. The van der Waals surface area contributed by atoms with Crippen LogP contribution >= 0.6 is 0 Å². The smallest absolute Gasteiger partial charge is 0.306 e. The number of hydrogen-bond acceptors (Lipinski definition) is 5. The first-order chi connectivity index (χ1) is 11.9. The molecule has 0 fully saturated rings. The van der Waals surface area contributed by atoms with Crippen LogP contribution in [0.25, 0.3) is 0 Å². The monoisotopic (exact) mass is 344 g/mol. The number of pyridine rings is 1. The van der Waals surface area contributed by atoms with E-state index in [1.54, 1.807) is 43.3 Å². The number of benzene rings is 1. The van der Waals surface area contributed by atoms with E-state index in [2.05, 4.69) is 10.3 Å². The minimum atomic E-state index is -1.14. The van der Waals surface area contributed by atoms with Gasteiger partial charge in [0.05, 0.1) is 26.2 Å². The SMILES string of the molecule is COc1cccc(C(C)(CC(=O)O)NC(=O)c2cccnc2OC)c1. The first-order valence-electron chi connectivity index (χ1n) is 7.57. The quantitative estimate of drug-likeness (QED) is 0.799. The average molecular weight is 344 g/mol. The number of hydrogen-bond donors (Lipinski definition) is 2. The van der Waals surface area contributed by atoms with Gasteiger partial charge in [0.1, 0.15) is 11.3 Å². The van der Waals surface area contributed by atoms with Crippen LogP contribution in [0.1, 0.15) is 29.3 Å². The highest BCUT2D eigenvalue weighted by Gasteiger charge is 2.33. The van der Waals surface area contributed by atoms with Gasteiger partial charge in [-0.1, -0.05) is 12.1 Å². The Kier molecular flexibility index (Phi) is 5.59. The minimum Gasteiger partial charge on any atom is -0.497 e. The number of nitrogens with zero attached hydrogens (tertiary/aromatic N) is 1. The molecule has 1 atom stereocenters. The Balaban J connectivity index is 2.40. The number of rotatable bonds is 7. The Morgan fingerprint density at radius 1 is 1.20 bits per heavy atom. The predicted octanol–water partition coefficient (Wildman–Crippen LogP) is 2.22. The van der Waals surface area contributed by atoms with Gasteiger partial charge in [-0.05, 0) is 36.8 Å². The van der Waals surface area contributed by atoms with E-state index < -0.39 is 17.4 Å². The molecule has 2 rings (SSSR count). The second-order valence-electron chi connectivity index (χ2n) is 5.65. The van der Waals surface area contributed by atoms with Crippen molar-refractivity contribution in [3.05, 3.63) is 53.7 Å². The molecule has 0 radical (unpaired) electrons. The molecule has 1 aromatic carbocycles. The van der Waals surface area contributed by atoms with Crippen molar-refractivity contribution in [3.8, 4) is 11.6 Å². The Bertz CT molecular complexity index is 778. The van der Waals surface area contributed by atoms with Crippen molar-refractivity contribution in [2.75, 3.05) is 14.2 Å². The van der Waals surface area contributed by atoms with Gasteiger partial charge in [0.2, 0.25) is 5.88 Å². The van der Waals surface area contributed by atoms with E-state index >= 15 is 0 Å². The van der Waals surface area contributed by atoms with E-state index in [9.17, 15) is 14.7 Å². The van der Waals surface area contributed by atoms with Crippen molar-refractivity contribution >= 4 is 11.9 Å². The first-order valence-corrected chi connectivity index (χ1v) is 7.57. The summed E-state index contributed by atoms with van der Waals surface area (Å²) in [5.74, 6) is -0.772. The van der Waals surface area contributed by atoms with Crippen LogP contribution in [-0.2, 0) is 10.3 Å². The number of aromatic nitrogens is 1. The highest BCUT2D eigenvalue weighted by Crippen LogP contribution is 2.29. The van der Waals surface area contributed by atoms with E-state index in [4.69, 9.17) is 9.47 Å². The lowest BCUT2D eigenvalue weighted by atomic mass is 9.88. The summed E-state index contributed by atoms with van der Waals surface area (Å²) in [6.07, 6.45) is 1.21. The third kappa shape index (κ3) is 4.26. The van der Waals surface area contributed by atoms with Gasteiger partial charge < -0.3 is 19.9 Å². The van der Waals surface area contributed by atoms with Crippen molar-refractivity contribution in [2.24, 2.45) is 0 Å². The minimum absolute atomic E-state index is 0.170. The second-order valence-corrected chi connectivity index (χ2v) is 5.65. The largest absolute Gasteiger partial charge is 0.497 e. The third-order valence-corrected chi connectivity index (χ3v) is 3.81. The lowest BCUT2D eigenvalue weighted by Crippen LogP contribution is -2.45. The maximum Gasteiger partial charge on any atom is 0.306 e. The second kappa shape index (κ2) is 7.65. The zero-order chi connectivity index (χ0) is 18.4. The standard InChI is InChI=1S/C18H20N2O5/c1-18(11-15(21)22,12-6-4-7-13(10-12)24-2)20-16(23)14-8-5-9-19-17(14)25-3/h4-10H,11H2,1-3H3,(H,20,23)(H,21,22). The molecule has 1 amide bonds. The molecule has 7 nitrogen and oxygen atoms in total. The maximum atomic E-state index is 12.7. The van der Waals surface area contributed by atoms with Crippen LogP contribution in [0.5, 0.6) is 11.6 Å². The van der Waals surface area contributed by atoms with E-state index in [1.807, 2.05) is 0 Å². The summed E-state index contributed by atoms with van der Waals surface area (Å²) in [7, 11) is 2.93. The molecule has 132 valence electrons. The predicted molar refractivity (Wildman–Crippen MR) is 90.9 cm³/mol. The molecule has 0 spiro atoms. The molecule has 25 heavy (non-hydrogen) atoms. The van der Waals surface area contributed by atoms with Crippen molar-refractivity contribution in [3.63, 3.8) is 0 Å². The fourth-order valence-electron chi connectivity index (χ4n) is 2.53. The Morgan fingerprint density at radius 3 is 2.60 bits per heavy atom. The van der Waals surface area contributed by atoms with Crippen LogP contribution in [0.15, 0.2) is 42.6 Å². The number of amides is 1.